The van der Waals surface area contributed by atoms with Crippen LogP contribution in [0.4, 0.5) is 8.78 Å². The molecule has 1 aromatic rings. The van der Waals surface area contributed by atoms with Crippen LogP contribution in [0.15, 0.2) is 24.3 Å². The van der Waals surface area contributed by atoms with Crippen LogP contribution in [0.1, 0.15) is 12.5 Å². The molecule has 0 atom stereocenters. The summed E-state index contributed by atoms with van der Waals surface area (Å²) in [6.07, 6.45) is 0. The molecule has 6 heteroatoms. The van der Waals surface area contributed by atoms with Crippen LogP contribution in [0, 0.1) is 0 Å². The summed E-state index contributed by atoms with van der Waals surface area (Å²) in [4.78, 5) is 11.1. The largest absolute Gasteiger partial charge is 0.465 e. The predicted octanol–water partition coefficient (Wildman–Crippen LogP) is 3.08. The standard InChI is InChI=1S/C12H14F2O3S/c1-2-16-11(15)8-18-7-9-5-3-4-6-10(9)17-12(13)14/h3-6,12H,2,7-8H2,1H3. The van der Waals surface area contributed by atoms with Gasteiger partial charge in [0.05, 0.1) is 12.4 Å². The Balaban J connectivity index is 2.48. The molecule has 0 spiro atoms. The maximum Gasteiger partial charge on any atom is 0.387 e. The van der Waals surface area contributed by atoms with Crippen molar-refractivity contribution in [1.82, 2.24) is 0 Å². The number of hydrogen-bond acceptors (Lipinski definition) is 4. The fourth-order valence-corrected chi connectivity index (χ4v) is 2.09. The monoisotopic (exact) mass is 276 g/mol. The molecular weight excluding hydrogens is 262 g/mol. The molecule has 0 bridgehead atoms. The van der Waals surface area contributed by atoms with Crippen LogP contribution in [0.3, 0.4) is 0 Å². The fraction of sp³-hybridized carbons (Fsp3) is 0.417. The van der Waals surface area contributed by atoms with E-state index in [0.717, 1.165) is 0 Å². The molecule has 0 aliphatic heterocycles. The average Bonchev–Trinajstić information content (AvgIpc) is 2.31. The second kappa shape index (κ2) is 7.92. The van der Waals surface area contributed by atoms with Crippen molar-refractivity contribution in [3.05, 3.63) is 29.8 Å². The Bertz CT molecular complexity index is 385. The molecule has 0 saturated carbocycles. The first-order valence-corrected chi connectivity index (χ1v) is 6.55. The number of carbonyl (C=O) groups excluding carboxylic acids is 1. The lowest BCUT2D eigenvalue weighted by atomic mass is 10.2. The predicted molar refractivity (Wildman–Crippen MR) is 65.9 cm³/mol. The third-order valence-electron chi connectivity index (χ3n) is 1.97. The topological polar surface area (TPSA) is 35.5 Å². The summed E-state index contributed by atoms with van der Waals surface area (Å²) in [7, 11) is 0. The lowest BCUT2D eigenvalue weighted by molar-refractivity contribution is -0.139. The van der Waals surface area contributed by atoms with E-state index in [9.17, 15) is 13.6 Å². The molecule has 3 nitrogen and oxygen atoms in total. The van der Waals surface area contributed by atoms with Crippen molar-refractivity contribution in [2.45, 2.75) is 19.3 Å². The van der Waals surface area contributed by atoms with E-state index in [0.29, 0.717) is 17.9 Å². The molecule has 0 fully saturated rings. The highest BCUT2D eigenvalue weighted by molar-refractivity contribution is 7.99. The van der Waals surface area contributed by atoms with Crippen molar-refractivity contribution >= 4 is 17.7 Å². The van der Waals surface area contributed by atoms with Crippen molar-refractivity contribution in [3.8, 4) is 5.75 Å². The smallest absolute Gasteiger partial charge is 0.387 e. The number of rotatable bonds is 7. The Labute approximate surface area is 108 Å². The molecule has 0 radical (unpaired) electrons. The molecule has 1 rings (SSSR count). The molecule has 0 amide bonds. The summed E-state index contributed by atoms with van der Waals surface area (Å²) in [5.41, 5.74) is 0.632. The molecule has 0 aromatic heterocycles. The second-order valence-corrected chi connectivity index (χ2v) is 4.27. The summed E-state index contributed by atoms with van der Waals surface area (Å²) < 4.78 is 33.4. The Kier molecular flexibility index (Phi) is 6.49. The van der Waals surface area contributed by atoms with Gasteiger partial charge in [-0.1, -0.05) is 18.2 Å². The molecule has 0 heterocycles. The van der Waals surface area contributed by atoms with Gasteiger partial charge in [0.25, 0.3) is 0 Å². The number of esters is 1. The number of hydrogen-bond donors (Lipinski definition) is 0. The summed E-state index contributed by atoms with van der Waals surface area (Å²) in [6.45, 7) is -0.778. The highest BCUT2D eigenvalue weighted by Gasteiger charge is 2.10. The van der Waals surface area contributed by atoms with Gasteiger partial charge in [-0.3, -0.25) is 4.79 Å². The summed E-state index contributed by atoms with van der Waals surface area (Å²) >= 11 is 1.30. The van der Waals surface area contributed by atoms with Gasteiger partial charge in [-0.15, -0.1) is 11.8 Å². The summed E-state index contributed by atoms with van der Waals surface area (Å²) in [6, 6.07) is 6.53. The minimum atomic E-state index is -2.85. The lowest BCUT2D eigenvalue weighted by Crippen LogP contribution is -2.07. The Hall–Kier alpha value is -1.30. The summed E-state index contributed by atoms with van der Waals surface area (Å²) in [5.74, 6) is 0.442. The molecule has 1 aromatic carbocycles. The van der Waals surface area contributed by atoms with Crippen LogP contribution in [0.25, 0.3) is 0 Å². The van der Waals surface area contributed by atoms with Crippen LogP contribution in [-0.2, 0) is 15.3 Å². The van der Waals surface area contributed by atoms with Gasteiger partial charge in [-0.2, -0.15) is 8.78 Å². The van der Waals surface area contributed by atoms with E-state index in [4.69, 9.17) is 4.74 Å². The highest BCUT2D eigenvalue weighted by atomic mass is 32.2. The molecule has 18 heavy (non-hydrogen) atoms. The van der Waals surface area contributed by atoms with Gasteiger partial charge >= 0.3 is 12.6 Å². The maximum absolute atomic E-state index is 12.1. The first-order chi connectivity index (χ1) is 8.63. The van der Waals surface area contributed by atoms with Crippen LogP contribution in [0.2, 0.25) is 0 Å². The van der Waals surface area contributed by atoms with E-state index in [1.807, 2.05) is 0 Å². The molecule has 0 saturated heterocycles. The van der Waals surface area contributed by atoms with Crippen molar-refractivity contribution in [2.24, 2.45) is 0 Å². The van der Waals surface area contributed by atoms with Crippen molar-refractivity contribution in [3.63, 3.8) is 0 Å². The maximum atomic E-state index is 12.1. The van der Waals surface area contributed by atoms with Gasteiger partial charge in [0.1, 0.15) is 5.75 Å². The zero-order valence-corrected chi connectivity index (χ0v) is 10.7. The van der Waals surface area contributed by atoms with E-state index >= 15 is 0 Å². The van der Waals surface area contributed by atoms with Gasteiger partial charge in [0, 0.05) is 11.3 Å². The van der Waals surface area contributed by atoms with E-state index in [2.05, 4.69) is 4.74 Å². The third kappa shape index (κ3) is 5.35. The van der Waals surface area contributed by atoms with E-state index in [1.165, 1.54) is 17.8 Å². The minimum Gasteiger partial charge on any atom is -0.465 e. The Morgan fingerprint density at radius 2 is 2.11 bits per heavy atom. The van der Waals surface area contributed by atoms with E-state index < -0.39 is 6.61 Å². The first-order valence-electron chi connectivity index (χ1n) is 5.39. The number of benzene rings is 1. The highest BCUT2D eigenvalue weighted by Crippen LogP contribution is 2.24. The van der Waals surface area contributed by atoms with Gasteiger partial charge in [-0.25, -0.2) is 0 Å². The number of para-hydroxylation sites is 1. The molecule has 0 aliphatic carbocycles. The minimum absolute atomic E-state index is 0.142. The number of ether oxygens (including phenoxy) is 2. The van der Waals surface area contributed by atoms with Gasteiger partial charge in [-0.05, 0) is 13.0 Å². The molecule has 0 aliphatic rings. The molecule has 100 valence electrons. The van der Waals surface area contributed by atoms with E-state index in [1.54, 1.807) is 25.1 Å². The zero-order chi connectivity index (χ0) is 13.4. The van der Waals surface area contributed by atoms with Crippen molar-refractivity contribution in [1.29, 1.82) is 0 Å². The number of alkyl halides is 2. The molecular formula is C12H14F2O3S. The van der Waals surface area contributed by atoms with Crippen LogP contribution >= 0.6 is 11.8 Å². The quantitative estimate of drug-likeness (QED) is 0.717. The van der Waals surface area contributed by atoms with E-state index in [-0.39, 0.29) is 17.5 Å². The molecule has 0 N–H and O–H groups in total. The second-order valence-electron chi connectivity index (χ2n) is 3.28. The first kappa shape index (κ1) is 14.8. The fourth-order valence-electron chi connectivity index (χ4n) is 1.28. The average molecular weight is 276 g/mol. The number of carbonyl (C=O) groups is 1. The zero-order valence-electron chi connectivity index (χ0n) is 9.90. The summed E-state index contributed by atoms with van der Waals surface area (Å²) in [5, 5.41) is 0. The Morgan fingerprint density at radius 3 is 2.78 bits per heavy atom. The lowest BCUT2D eigenvalue weighted by Gasteiger charge is -2.09. The van der Waals surface area contributed by atoms with Crippen molar-refractivity contribution in [2.75, 3.05) is 12.4 Å². The van der Waals surface area contributed by atoms with Crippen LogP contribution in [0.5, 0.6) is 5.75 Å². The van der Waals surface area contributed by atoms with Crippen LogP contribution < -0.4 is 4.74 Å². The van der Waals surface area contributed by atoms with Gasteiger partial charge in [0.2, 0.25) is 0 Å². The van der Waals surface area contributed by atoms with Crippen molar-refractivity contribution < 1.29 is 23.0 Å². The third-order valence-corrected chi connectivity index (χ3v) is 2.93. The number of thioether (sulfide) groups is 1. The van der Waals surface area contributed by atoms with Gasteiger partial charge in [0.15, 0.2) is 0 Å². The number of halogens is 2. The van der Waals surface area contributed by atoms with Gasteiger partial charge < -0.3 is 9.47 Å². The van der Waals surface area contributed by atoms with Crippen LogP contribution in [-0.4, -0.2) is 24.9 Å². The molecule has 0 unspecified atom stereocenters. The normalized spacial score (nSPS) is 10.4. The Morgan fingerprint density at radius 1 is 1.39 bits per heavy atom. The SMILES string of the molecule is CCOC(=O)CSCc1ccccc1OC(F)F.